The van der Waals surface area contributed by atoms with Crippen LogP contribution in [0.15, 0.2) is 60.7 Å². The number of hydrogen-bond acceptors (Lipinski definition) is 3. The summed E-state index contributed by atoms with van der Waals surface area (Å²) in [7, 11) is 1.89. The highest BCUT2D eigenvalue weighted by Gasteiger charge is 2.21. The maximum Gasteiger partial charge on any atom is 0.270 e. The van der Waals surface area contributed by atoms with Gasteiger partial charge in [0.05, 0.1) is 17.4 Å². The summed E-state index contributed by atoms with van der Waals surface area (Å²) in [5.74, 6) is -0.239. The Morgan fingerprint density at radius 2 is 1.73 bits per heavy atom. The molecule has 0 aliphatic heterocycles. The molecular weight excluding hydrogens is 398 g/mol. The van der Waals surface area contributed by atoms with Crippen LogP contribution in [0.3, 0.4) is 0 Å². The zero-order valence-corrected chi connectivity index (χ0v) is 17.7. The summed E-state index contributed by atoms with van der Waals surface area (Å²) in [4.78, 5) is 13.1. The van der Waals surface area contributed by atoms with Gasteiger partial charge in [0.25, 0.3) is 5.91 Å². The van der Waals surface area contributed by atoms with Crippen molar-refractivity contribution in [3.8, 4) is 11.3 Å². The van der Waals surface area contributed by atoms with E-state index in [9.17, 15) is 4.79 Å². The largest absolute Gasteiger partial charge is 0.340 e. The summed E-state index contributed by atoms with van der Waals surface area (Å²) in [6.45, 7) is 3.92. The van der Waals surface area contributed by atoms with Crippen molar-refractivity contribution in [1.82, 2.24) is 25.3 Å². The minimum Gasteiger partial charge on any atom is -0.340 e. The fraction of sp³-hybridized carbons (Fsp3) is 0.174. The predicted molar refractivity (Wildman–Crippen MR) is 117 cm³/mol. The average molecular weight is 420 g/mol. The molecule has 6 nitrogen and oxygen atoms in total. The molecule has 0 saturated heterocycles. The molecule has 2 aromatic heterocycles. The van der Waals surface area contributed by atoms with Gasteiger partial charge in [0.1, 0.15) is 5.69 Å². The van der Waals surface area contributed by atoms with Crippen LogP contribution in [0.2, 0.25) is 5.02 Å². The summed E-state index contributed by atoms with van der Waals surface area (Å²) in [6.07, 6.45) is 0. The lowest BCUT2D eigenvalue weighted by Crippen LogP contribution is -2.29. The number of aromatic amines is 1. The lowest BCUT2D eigenvalue weighted by Gasteiger charge is -2.19. The zero-order valence-electron chi connectivity index (χ0n) is 17.0. The Morgan fingerprint density at radius 3 is 2.37 bits per heavy atom. The molecule has 1 atom stereocenters. The first-order valence-corrected chi connectivity index (χ1v) is 9.99. The molecule has 1 amide bonds. The van der Waals surface area contributed by atoms with Crippen molar-refractivity contribution in [3.63, 3.8) is 0 Å². The van der Waals surface area contributed by atoms with Gasteiger partial charge in [-0.05, 0) is 43.2 Å². The quantitative estimate of drug-likeness (QED) is 0.496. The number of carbonyl (C=O) groups excluding carboxylic acids is 1. The molecule has 7 heteroatoms. The number of carbonyl (C=O) groups is 1. The molecule has 4 rings (SSSR count). The first-order valence-electron chi connectivity index (χ1n) is 9.61. The lowest BCUT2D eigenvalue weighted by atomic mass is 9.98. The van der Waals surface area contributed by atoms with E-state index in [-0.39, 0.29) is 11.9 Å². The molecule has 0 saturated carbocycles. The highest BCUT2D eigenvalue weighted by Crippen LogP contribution is 2.27. The van der Waals surface area contributed by atoms with Gasteiger partial charge < -0.3 is 5.32 Å². The van der Waals surface area contributed by atoms with Crippen LogP contribution in [0.5, 0.6) is 0 Å². The van der Waals surface area contributed by atoms with Crippen LogP contribution in [-0.2, 0) is 7.05 Å². The second kappa shape index (κ2) is 8.16. The predicted octanol–water partition coefficient (Wildman–Crippen LogP) is 4.60. The molecule has 0 bridgehead atoms. The van der Waals surface area contributed by atoms with Crippen LogP contribution in [-0.4, -0.2) is 25.9 Å². The van der Waals surface area contributed by atoms with E-state index in [0.717, 1.165) is 28.1 Å². The smallest absolute Gasteiger partial charge is 0.270 e. The summed E-state index contributed by atoms with van der Waals surface area (Å²) >= 11 is 6.04. The Hall–Kier alpha value is -3.38. The number of aromatic nitrogens is 4. The van der Waals surface area contributed by atoms with Gasteiger partial charge in [0, 0.05) is 23.3 Å². The number of H-pyrrole nitrogens is 1. The van der Waals surface area contributed by atoms with Gasteiger partial charge in [0.15, 0.2) is 0 Å². The Bertz CT molecular complexity index is 1180. The molecule has 2 aromatic carbocycles. The zero-order chi connectivity index (χ0) is 21.3. The highest BCUT2D eigenvalue weighted by molar-refractivity contribution is 6.30. The maximum absolute atomic E-state index is 13.1. The fourth-order valence-electron chi connectivity index (χ4n) is 3.58. The Balaban J connectivity index is 1.63. The van der Waals surface area contributed by atoms with Crippen molar-refractivity contribution in [2.45, 2.75) is 19.9 Å². The van der Waals surface area contributed by atoms with Crippen molar-refractivity contribution in [3.05, 3.63) is 93.9 Å². The highest BCUT2D eigenvalue weighted by atomic mass is 35.5. The number of nitrogens with zero attached hydrogens (tertiary/aromatic N) is 3. The van der Waals surface area contributed by atoms with Crippen molar-refractivity contribution >= 4 is 17.5 Å². The SMILES string of the molecule is Cc1nn(C)c(C)c1-c1cc(C(=O)NC(c2ccccc2)c2ccc(Cl)cc2)[nH]n1. The summed E-state index contributed by atoms with van der Waals surface area (Å²) in [5, 5.41) is 15.4. The van der Waals surface area contributed by atoms with Crippen molar-refractivity contribution in [2.75, 3.05) is 0 Å². The molecule has 0 spiro atoms. The molecule has 0 radical (unpaired) electrons. The topological polar surface area (TPSA) is 75.6 Å². The van der Waals surface area contributed by atoms with Crippen LogP contribution in [0.1, 0.15) is 39.0 Å². The molecule has 0 aliphatic rings. The lowest BCUT2D eigenvalue weighted by molar-refractivity contribution is 0.0938. The van der Waals surface area contributed by atoms with Gasteiger partial charge in [-0.15, -0.1) is 0 Å². The molecule has 0 fully saturated rings. The number of halogens is 1. The monoisotopic (exact) mass is 419 g/mol. The molecule has 152 valence electrons. The van der Waals surface area contributed by atoms with E-state index in [2.05, 4.69) is 20.6 Å². The van der Waals surface area contributed by atoms with E-state index in [0.29, 0.717) is 16.4 Å². The van der Waals surface area contributed by atoms with Crippen molar-refractivity contribution < 1.29 is 4.79 Å². The minimum absolute atomic E-state index is 0.239. The second-order valence-electron chi connectivity index (χ2n) is 7.20. The van der Waals surface area contributed by atoms with Crippen molar-refractivity contribution in [1.29, 1.82) is 0 Å². The number of benzene rings is 2. The molecule has 4 aromatic rings. The number of aryl methyl sites for hydroxylation is 2. The Morgan fingerprint density at radius 1 is 1.07 bits per heavy atom. The van der Waals surface area contributed by atoms with E-state index < -0.39 is 0 Å². The Labute approximate surface area is 179 Å². The molecule has 2 N–H and O–H groups in total. The summed E-state index contributed by atoms with van der Waals surface area (Å²) in [6, 6.07) is 18.7. The van der Waals surface area contributed by atoms with Crippen molar-refractivity contribution in [2.24, 2.45) is 7.05 Å². The summed E-state index contributed by atoms with van der Waals surface area (Å²) < 4.78 is 1.81. The van der Waals surface area contributed by atoms with Crippen LogP contribution in [0.4, 0.5) is 0 Å². The third-order valence-corrected chi connectivity index (χ3v) is 5.45. The number of amides is 1. The second-order valence-corrected chi connectivity index (χ2v) is 7.64. The minimum atomic E-state index is -0.315. The molecule has 30 heavy (non-hydrogen) atoms. The first kappa shape index (κ1) is 19.9. The molecular formula is C23H22ClN5O. The molecule has 1 unspecified atom stereocenters. The number of hydrogen-bond donors (Lipinski definition) is 2. The molecule has 0 aliphatic carbocycles. The average Bonchev–Trinajstić information content (AvgIpc) is 3.32. The van der Waals surface area contributed by atoms with Gasteiger partial charge in [-0.2, -0.15) is 10.2 Å². The normalized spacial score (nSPS) is 12.0. The maximum atomic E-state index is 13.1. The Kier molecular flexibility index (Phi) is 5.42. The molecule has 2 heterocycles. The van der Waals surface area contributed by atoms with E-state index in [4.69, 9.17) is 11.6 Å². The summed E-state index contributed by atoms with van der Waals surface area (Å²) in [5.41, 5.74) is 5.81. The standard InChI is InChI=1S/C23H22ClN5O/c1-14-21(15(2)29(3)28-14)19-13-20(27-26-19)23(30)25-22(16-7-5-4-6-8-16)17-9-11-18(24)12-10-17/h4-13,22H,1-3H3,(H,25,30)(H,26,27). The van der Waals surface area contributed by atoms with Crippen LogP contribution in [0, 0.1) is 13.8 Å². The third kappa shape index (κ3) is 3.86. The van der Waals surface area contributed by atoms with Crippen LogP contribution in [0.25, 0.3) is 11.3 Å². The van der Waals surface area contributed by atoms with Crippen LogP contribution >= 0.6 is 11.6 Å². The van der Waals surface area contributed by atoms with Gasteiger partial charge in [-0.1, -0.05) is 54.1 Å². The van der Waals surface area contributed by atoms with Gasteiger partial charge in [0.2, 0.25) is 0 Å². The van der Waals surface area contributed by atoms with Gasteiger partial charge in [-0.25, -0.2) is 0 Å². The van der Waals surface area contributed by atoms with E-state index >= 15 is 0 Å². The van der Waals surface area contributed by atoms with E-state index in [1.165, 1.54) is 0 Å². The van der Waals surface area contributed by atoms with Gasteiger partial charge in [-0.3, -0.25) is 14.6 Å². The van der Waals surface area contributed by atoms with Crippen LogP contribution < -0.4 is 5.32 Å². The number of nitrogens with one attached hydrogen (secondary N) is 2. The van der Waals surface area contributed by atoms with E-state index in [1.54, 1.807) is 6.07 Å². The first-order chi connectivity index (χ1) is 14.4. The van der Waals surface area contributed by atoms with Gasteiger partial charge >= 0.3 is 0 Å². The fourth-order valence-corrected chi connectivity index (χ4v) is 3.71. The van der Waals surface area contributed by atoms with E-state index in [1.807, 2.05) is 80.2 Å². The third-order valence-electron chi connectivity index (χ3n) is 5.20. The number of rotatable bonds is 5.